The van der Waals surface area contributed by atoms with Crippen molar-refractivity contribution in [3.8, 4) is 0 Å². The maximum absolute atomic E-state index is 12.3. The minimum atomic E-state index is -0.191. The molecule has 0 aliphatic heterocycles. The Morgan fingerprint density at radius 2 is 2.00 bits per heavy atom. The van der Waals surface area contributed by atoms with Gasteiger partial charge in [-0.3, -0.25) is 9.78 Å². The first-order chi connectivity index (χ1) is 11.2. The van der Waals surface area contributed by atoms with Crippen molar-refractivity contribution >= 4 is 22.9 Å². The van der Waals surface area contributed by atoms with Crippen LogP contribution in [0.1, 0.15) is 26.6 Å². The molecule has 5 heteroatoms. The first kappa shape index (κ1) is 15.4. The Morgan fingerprint density at radius 3 is 2.78 bits per heavy atom. The van der Waals surface area contributed by atoms with Crippen LogP contribution in [-0.4, -0.2) is 15.9 Å². The topological polar surface area (TPSA) is 54.9 Å². The molecule has 0 fully saturated rings. The number of hydrogen-bond donors (Lipinski definition) is 1. The van der Waals surface area contributed by atoms with Gasteiger partial charge in [-0.1, -0.05) is 30.3 Å². The number of aromatic nitrogens is 2. The zero-order chi connectivity index (χ0) is 16.1. The third-order valence-electron chi connectivity index (χ3n) is 3.54. The van der Waals surface area contributed by atoms with Crippen molar-refractivity contribution in [3.05, 3.63) is 76.0 Å². The number of hydrogen-bond acceptors (Lipinski definition) is 4. The van der Waals surface area contributed by atoms with Crippen LogP contribution in [0.2, 0.25) is 0 Å². The summed E-state index contributed by atoms with van der Waals surface area (Å²) < 4.78 is 0. The van der Waals surface area contributed by atoms with Crippen LogP contribution in [0.3, 0.4) is 0 Å². The van der Waals surface area contributed by atoms with Crippen molar-refractivity contribution in [1.29, 1.82) is 0 Å². The predicted octanol–water partition coefficient (Wildman–Crippen LogP) is 3.88. The Bertz CT molecular complexity index is 799. The largest absolute Gasteiger partial charge is 0.319 e. The summed E-state index contributed by atoms with van der Waals surface area (Å²) >= 11 is 1.52. The van der Waals surface area contributed by atoms with Crippen LogP contribution >= 0.6 is 11.3 Å². The van der Waals surface area contributed by atoms with Gasteiger partial charge in [0.25, 0.3) is 5.91 Å². The maximum atomic E-state index is 12.3. The summed E-state index contributed by atoms with van der Waals surface area (Å²) in [5.41, 5.74) is 3.44. The van der Waals surface area contributed by atoms with E-state index >= 15 is 0 Å². The highest BCUT2D eigenvalue weighted by molar-refractivity contribution is 7.09. The third-order valence-corrected chi connectivity index (χ3v) is 4.45. The third kappa shape index (κ3) is 4.02. The van der Waals surface area contributed by atoms with E-state index in [-0.39, 0.29) is 5.91 Å². The van der Waals surface area contributed by atoms with Gasteiger partial charge in [0.1, 0.15) is 5.69 Å². The van der Waals surface area contributed by atoms with E-state index in [4.69, 9.17) is 0 Å². The van der Waals surface area contributed by atoms with Gasteiger partial charge in [0.05, 0.1) is 16.9 Å². The molecule has 0 unspecified atom stereocenters. The number of thiazole rings is 1. The molecule has 1 N–H and O–H groups in total. The molecule has 1 aromatic carbocycles. The quantitative estimate of drug-likeness (QED) is 0.775. The Kier molecular flexibility index (Phi) is 4.78. The van der Waals surface area contributed by atoms with Gasteiger partial charge in [0.2, 0.25) is 0 Å². The molecule has 0 bridgehead atoms. The smallest absolute Gasteiger partial charge is 0.275 e. The van der Waals surface area contributed by atoms with Crippen molar-refractivity contribution in [2.24, 2.45) is 0 Å². The predicted molar refractivity (Wildman–Crippen MR) is 92.9 cm³/mol. The molecule has 0 spiro atoms. The van der Waals surface area contributed by atoms with Crippen LogP contribution in [0.15, 0.2) is 54.2 Å². The van der Waals surface area contributed by atoms with Crippen LogP contribution in [0.5, 0.6) is 0 Å². The molecule has 116 valence electrons. The second kappa shape index (κ2) is 7.15. The molecule has 0 aliphatic rings. The van der Waals surface area contributed by atoms with E-state index in [1.165, 1.54) is 16.9 Å². The lowest BCUT2D eigenvalue weighted by Crippen LogP contribution is -2.13. The van der Waals surface area contributed by atoms with E-state index in [1.807, 2.05) is 31.2 Å². The SMILES string of the molecule is Cc1ccncc1NC(=O)c1csc(CCc2ccccc2)n1. The van der Waals surface area contributed by atoms with E-state index in [2.05, 4.69) is 27.4 Å². The fourth-order valence-corrected chi connectivity index (χ4v) is 2.99. The molecule has 4 nitrogen and oxygen atoms in total. The number of nitrogens with one attached hydrogen (secondary N) is 1. The fourth-order valence-electron chi connectivity index (χ4n) is 2.21. The molecule has 2 heterocycles. The molecule has 3 rings (SSSR count). The summed E-state index contributed by atoms with van der Waals surface area (Å²) in [7, 11) is 0. The Morgan fingerprint density at radius 1 is 1.17 bits per heavy atom. The van der Waals surface area contributed by atoms with Gasteiger partial charge in [-0.15, -0.1) is 11.3 Å². The average Bonchev–Trinajstić information content (AvgIpc) is 3.05. The van der Waals surface area contributed by atoms with Gasteiger partial charge in [-0.05, 0) is 30.5 Å². The molecule has 2 aromatic heterocycles. The first-order valence-electron chi connectivity index (χ1n) is 7.42. The van der Waals surface area contributed by atoms with Crippen molar-refractivity contribution in [1.82, 2.24) is 9.97 Å². The molecule has 23 heavy (non-hydrogen) atoms. The molecule has 0 radical (unpaired) electrons. The van der Waals surface area contributed by atoms with Gasteiger partial charge in [0, 0.05) is 18.0 Å². The number of anilines is 1. The van der Waals surface area contributed by atoms with Crippen LogP contribution in [0.25, 0.3) is 0 Å². The van der Waals surface area contributed by atoms with Crippen LogP contribution in [0.4, 0.5) is 5.69 Å². The normalized spacial score (nSPS) is 10.5. The number of benzene rings is 1. The molecule has 0 atom stereocenters. The number of pyridine rings is 1. The molecule has 1 amide bonds. The van der Waals surface area contributed by atoms with Gasteiger partial charge in [-0.2, -0.15) is 0 Å². The zero-order valence-electron chi connectivity index (χ0n) is 12.8. The van der Waals surface area contributed by atoms with Crippen LogP contribution in [0, 0.1) is 6.92 Å². The minimum Gasteiger partial charge on any atom is -0.319 e. The Hall–Kier alpha value is -2.53. The average molecular weight is 323 g/mol. The second-order valence-electron chi connectivity index (χ2n) is 5.26. The highest BCUT2D eigenvalue weighted by Crippen LogP contribution is 2.16. The van der Waals surface area contributed by atoms with Crippen molar-refractivity contribution < 1.29 is 4.79 Å². The number of carbonyl (C=O) groups is 1. The van der Waals surface area contributed by atoms with Crippen molar-refractivity contribution in [2.45, 2.75) is 19.8 Å². The molecule has 0 saturated carbocycles. The van der Waals surface area contributed by atoms with Crippen molar-refractivity contribution in [2.75, 3.05) is 5.32 Å². The molecule has 0 aliphatic carbocycles. The van der Waals surface area contributed by atoms with Gasteiger partial charge < -0.3 is 5.32 Å². The zero-order valence-corrected chi connectivity index (χ0v) is 13.6. The Labute approximate surface area is 139 Å². The van der Waals surface area contributed by atoms with Gasteiger partial charge in [0.15, 0.2) is 0 Å². The molecule has 0 saturated heterocycles. The summed E-state index contributed by atoms with van der Waals surface area (Å²) in [6.07, 6.45) is 5.12. The van der Waals surface area contributed by atoms with Gasteiger partial charge in [-0.25, -0.2) is 4.98 Å². The number of amides is 1. The minimum absolute atomic E-state index is 0.191. The fraction of sp³-hybridized carbons (Fsp3) is 0.167. The standard InChI is InChI=1S/C18H17N3OS/c1-13-9-10-19-11-15(13)21-18(22)16-12-23-17(20-16)8-7-14-5-3-2-4-6-14/h2-6,9-12H,7-8H2,1H3,(H,21,22). The highest BCUT2D eigenvalue weighted by atomic mass is 32.1. The lowest BCUT2D eigenvalue weighted by molar-refractivity contribution is 0.102. The maximum Gasteiger partial charge on any atom is 0.275 e. The summed E-state index contributed by atoms with van der Waals surface area (Å²) in [6, 6.07) is 12.1. The summed E-state index contributed by atoms with van der Waals surface area (Å²) in [5.74, 6) is -0.191. The van der Waals surface area contributed by atoms with E-state index < -0.39 is 0 Å². The second-order valence-corrected chi connectivity index (χ2v) is 6.20. The van der Waals surface area contributed by atoms with Crippen molar-refractivity contribution in [3.63, 3.8) is 0 Å². The number of carbonyl (C=O) groups excluding carboxylic acids is 1. The number of aryl methyl sites for hydroxylation is 3. The van der Waals surface area contributed by atoms with Gasteiger partial charge >= 0.3 is 0 Å². The summed E-state index contributed by atoms with van der Waals surface area (Å²) in [4.78, 5) is 20.7. The molecular weight excluding hydrogens is 306 g/mol. The van der Waals surface area contributed by atoms with E-state index in [9.17, 15) is 4.79 Å². The Balaban J connectivity index is 1.62. The lowest BCUT2D eigenvalue weighted by atomic mass is 10.1. The van der Waals surface area contributed by atoms with Crippen LogP contribution < -0.4 is 5.32 Å². The molecule has 3 aromatic rings. The number of nitrogens with zero attached hydrogens (tertiary/aromatic N) is 2. The first-order valence-corrected chi connectivity index (χ1v) is 8.30. The lowest BCUT2D eigenvalue weighted by Gasteiger charge is -2.05. The molecular formula is C18H17N3OS. The summed E-state index contributed by atoms with van der Waals surface area (Å²) in [5, 5.41) is 5.64. The van der Waals surface area contributed by atoms with E-state index in [0.29, 0.717) is 5.69 Å². The summed E-state index contributed by atoms with van der Waals surface area (Å²) in [6.45, 7) is 1.93. The van der Waals surface area contributed by atoms with Crippen LogP contribution in [-0.2, 0) is 12.8 Å². The monoisotopic (exact) mass is 323 g/mol. The van der Waals surface area contributed by atoms with E-state index in [1.54, 1.807) is 17.8 Å². The highest BCUT2D eigenvalue weighted by Gasteiger charge is 2.12. The van der Waals surface area contributed by atoms with E-state index in [0.717, 1.165) is 29.1 Å². The number of rotatable bonds is 5.